The zero-order chi connectivity index (χ0) is 14.7. The average Bonchev–Trinajstić information content (AvgIpc) is 2.93. The van der Waals surface area contributed by atoms with E-state index in [1.807, 2.05) is 18.2 Å². The Kier molecular flexibility index (Phi) is 4.29. The molecule has 3 rings (SSSR count). The maximum Gasteiger partial charge on any atom is 0.231 e. The molecule has 0 bridgehead atoms. The third-order valence-electron chi connectivity index (χ3n) is 4.05. The van der Waals surface area contributed by atoms with Crippen molar-refractivity contribution in [3.63, 3.8) is 0 Å². The van der Waals surface area contributed by atoms with Gasteiger partial charge in [0.2, 0.25) is 12.7 Å². The van der Waals surface area contributed by atoms with Gasteiger partial charge < -0.3 is 19.7 Å². The number of piperidine rings is 1. The first kappa shape index (κ1) is 14.2. The van der Waals surface area contributed by atoms with Crippen LogP contribution in [0.15, 0.2) is 18.2 Å². The van der Waals surface area contributed by atoms with Crippen LogP contribution in [-0.4, -0.2) is 37.2 Å². The molecule has 21 heavy (non-hydrogen) atoms. The van der Waals surface area contributed by atoms with Crippen LogP contribution in [-0.2, 0) is 4.79 Å². The van der Waals surface area contributed by atoms with E-state index in [0.29, 0.717) is 12.2 Å². The molecule has 0 aromatic heterocycles. The lowest BCUT2D eigenvalue weighted by atomic mass is 10.0. The number of carbonyl (C=O) groups excluding carboxylic acids is 1. The summed E-state index contributed by atoms with van der Waals surface area (Å²) in [5, 5.41) is 2.92. The molecule has 1 amide bonds. The second-order valence-corrected chi connectivity index (χ2v) is 5.91. The molecule has 1 saturated heterocycles. The predicted octanol–water partition coefficient (Wildman–Crippen LogP) is 2.48. The molecule has 1 aromatic rings. The number of fused-ring (bicyclic) bond motifs is 1. The second-order valence-electron chi connectivity index (χ2n) is 5.91. The van der Waals surface area contributed by atoms with Gasteiger partial charge in [-0.2, -0.15) is 0 Å². The number of rotatable bonds is 4. The molecule has 1 fully saturated rings. The number of hydrogen-bond acceptors (Lipinski definition) is 4. The number of benzene rings is 1. The van der Waals surface area contributed by atoms with Gasteiger partial charge in [-0.1, -0.05) is 6.92 Å². The number of likely N-dealkylation sites (tertiary alicyclic amines) is 1. The molecule has 1 atom stereocenters. The Morgan fingerprint density at radius 1 is 1.38 bits per heavy atom. The standard InChI is InChI=1S/C16H22N2O3/c1-12-3-2-7-18(10-12)8-6-16(19)17-13-4-5-14-15(9-13)21-11-20-14/h4-5,9,12H,2-3,6-8,10-11H2,1H3,(H,17,19)/t12-/m1/s1. The molecule has 2 aliphatic rings. The lowest BCUT2D eigenvalue weighted by Gasteiger charge is -2.30. The zero-order valence-electron chi connectivity index (χ0n) is 12.4. The first-order chi connectivity index (χ1) is 10.2. The first-order valence-electron chi connectivity index (χ1n) is 7.62. The summed E-state index contributed by atoms with van der Waals surface area (Å²) in [5.41, 5.74) is 0.760. The molecule has 2 aliphatic heterocycles. The summed E-state index contributed by atoms with van der Waals surface area (Å²) in [5.74, 6) is 2.22. The molecule has 1 aromatic carbocycles. The van der Waals surface area contributed by atoms with E-state index in [1.165, 1.54) is 12.8 Å². The van der Waals surface area contributed by atoms with Crippen molar-refractivity contribution >= 4 is 11.6 Å². The van der Waals surface area contributed by atoms with Crippen molar-refractivity contribution < 1.29 is 14.3 Å². The predicted molar refractivity (Wildman–Crippen MR) is 80.6 cm³/mol. The molecule has 2 heterocycles. The quantitative estimate of drug-likeness (QED) is 0.925. The van der Waals surface area contributed by atoms with Crippen LogP contribution in [0.1, 0.15) is 26.2 Å². The van der Waals surface area contributed by atoms with E-state index < -0.39 is 0 Å². The van der Waals surface area contributed by atoms with Crippen molar-refractivity contribution in [2.45, 2.75) is 26.2 Å². The Bertz CT molecular complexity index is 518. The van der Waals surface area contributed by atoms with Crippen LogP contribution < -0.4 is 14.8 Å². The first-order valence-corrected chi connectivity index (χ1v) is 7.62. The largest absolute Gasteiger partial charge is 0.454 e. The zero-order valence-corrected chi connectivity index (χ0v) is 12.4. The summed E-state index contributed by atoms with van der Waals surface area (Å²) in [6.07, 6.45) is 3.08. The van der Waals surface area contributed by atoms with Gasteiger partial charge in [-0.25, -0.2) is 0 Å². The molecular formula is C16H22N2O3. The number of nitrogens with zero attached hydrogens (tertiary/aromatic N) is 1. The topological polar surface area (TPSA) is 50.8 Å². The fourth-order valence-electron chi connectivity index (χ4n) is 2.95. The van der Waals surface area contributed by atoms with E-state index in [-0.39, 0.29) is 12.7 Å². The molecule has 5 heteroatoms. The van der Waals surface area contributed by atoms with Crippen molar-refractivity contribution in [2.75, 3.05) is 31.7 Å². The highest BCUT2D eigenvalue weighted by molar-refractivity contribution is 5.91. The highest BCUT2D eigenvalue weighted by Gasteiger charge is 2.17. The van der Waals surface area contributed by atoms with Crippen LogP contribution in [0, 0.1) is 5.92 Å². The number of nitrogens with one attached hydrogen (secondary N) is 1. The molecule has 0 spiro atoms. The van der Waals surface area contributed by atoms with Crippen molar-refractivity contribution in [3.8, 4) is 11.5 Å². The fourth-order valence-corrected chi connectivity index (χ4v) is 2.95. The van der Waals surface area contributed by atoms with Crippen molar-refractivity contribution in [1.82, 2.24) is 4.90 Å². The Balaban J connectivity index is 1.48. The van der Waals surface area contributed by atoms with E-state index in [4.69, 9.17) is 9.47 Å². The van der Waals surface area contributed by atoms with Crippen LogP contribution in [0.3, 0.4) is 0 Å². The maximum atomic E-state index is 12.0. The van der Waals surface area contributed by atoms with Crippen LogP contribution >= 0.6 is 0 Å². The highest BCUT2D eigenvalue weighted by Crippen LogP contribution is 2.34. The SMILES string of the molecule is C[C@@H]1CCCN(CCC(=O)Nc2ccc3c(c2)OCO3)C1. The normalized spacial score (nSPS) is 21.3. The van der Waals surface area contributed by atoms with Crippen molar-refractivity contribution in [3.05, 3.63) is 18.2 Å². The summed E-state index contributed by atoms with van der Waals surface area (Å²) < 4.78 is 10.6. The Morgan fingerprint density at radius 3 is 3.10 bits per heavy atom. The van der Waals surface area contributed by atoms with Gasteiger partial charge in [0.15, 0.2) is 11.5 Å². The smallest absolute Gasteiger partial charge is 0.231 e. The van der Waals surface area contributed by atoms with Gasteiger partial charge >= 0.3 is 0 Å². The number of hydrogen-bond donors (Lipinski definition) is 1. The van der Waals surface area contributed by atoms with Gasteiger partial charge in [0.1, 0.15) is 0 Å². The van der Waals surface area contributed by atoms with E-state index in [0.717, 1.165) is 37.0 Å². The molecule has 0 saturated carbocycles. The highest BCUT2D eigenvalue weighted by atomic mass is 16.7. The minimum atomic E-state index is 0.0482. The third-order valence-corrected chi connectivity index (χ3v) is 4.05. The van der Waals surface area contributed by atoms with E-state index in [9.17, 15) is 4.79 Å². The van der Waals surface area contributed by atoms with Gasteiger partial charge in [0.25, 0.3) is 0 Å². The van der Waals surface area contributed by atoms with E-state index in [2.05, 4.69) is 17.1 Å². The molecular weight excluding hydrogens is 268 g/mol. The second kappa shape index (κ2) is 6.35. The van der Waals surface area contributed by atoms with Crippen LogP contribution in [0.25, 0.3) is 0 Å². The molecule has 0 unspecified atom stereocenters. The molecule has 5 nitrogen and oxygen atoms in total. The Morgan fingerprint density at radius 2 is 2.24 bits per heavy atom. The van der Waals surface area contributed by atoms with E-state index >= 15 is 0 Å². The van der Waals surface area contributed by atoms with Gasteiger partial charge in [0.05, 0.1) is 0 Å². The summed E-state index contributed by atoms with van der Waals surface area (Å²) >= 11 is 0. The molecule has 0 radical (unpaired) electrons. The van der Waals surface area contributed by atoms with E-state index in [1.54, 1.807) is 0 Å². The minimum absolute atomic E-state index is 0.0482. The number of carbonyl (C=O) groups is 1. The van der Waals surface area contributed by atoms with Crippen LogP contribution in [0.2, 0.25) is 0 Å². The molecule has 1 N–H and O–H groups in total. The third kappa shape index (κ3) is 3.67. The number of ether oxygens (including phenoxy) is 2. The van der Waals surface area contributed by atoms with Crippen LogP contribution in [0.5, 0.6) is 11.5 Å². The summed E-state index contributed by atoms with van der Waals surface area (Å²) in [7, 11) is 0. The summed E-state index contributed by atoms with van der Waals surface area (Å²) in [6.45, 7) is 5.58. The minimum Gasteiger partial charge on any atom is -0.454 e. The monoisotopic (exact) mass is 290 g/mol. The lowest BCUT2D eigenvalue weighted by Crippen LogP contribution is -2.36. The number of anilines is 1. The summed E-state index contributed by atoms with van der Waals surface area (Å²) in [6, 6.07) is 5.47. The summed E-state index contributed by atoms with van der Waals surface area (Å²) in [4.78, 5) is 14.4. The Labute approximate surface area is 125 Å². The van der Waals surface area contributed by atoms with Crippen molar-refractivity contribution in [2.24, 2.45) is 5.92 Å². The number of amides is 1. The van der Waals surface area contributed by atoms with Gasteiger partial charge in [0, 0.05) is 31.3 Å². The fraction of sp³-hybridized carbons (Fsp3) is 0.562. The van der Waals surface area contributed by atoms with Gasteiger partial charge in [-0.05, 0) is 37.4 Å². The van der Waals surface area contributed by atoms with Crippen molar-refractivity contribution in [1.29, 1.82) is 0 Å². The van der Waals surface area contributed by atoms with Crippen LogP contribution in [0.4, 0.5) is 5.69 Å². The lowest BCUT2D eigenvalue weighted by molar-refractivity contribution is -0.116. The van der Waals surface area contributed by atoms with Gasteiger partial charge in [-0.3, -0.25) is 4.79 Å². The maximum absolute atomic E-state index is 12.0. The van der Waals surface area contributed by atoms with Gasteiger partial charge in [-0.15, -0.1) is 0 Å². The molecule has 114 valence electrons. The average molecular weight is 290 g/mol. The molecule has 0 aliphatic carbocycles. The Hall–Kier alpha value is -1.75.